The van der Waals surface area contributed by atoms with E-state index in [4.69, 9.17) is 9.68 Å². The Morgan fingerprint density at radius 2 is 1.55 bits per heavy atom. The van der Waals surface area contributed by atoms with Crippen molar-refractivity contribution in [3.63, 3.8) is 0 Å². The predicted octanol–water partition coefficient (Wildman–Crippen LogP) is 3.53. The molecule has 0 bridgehead atoms. The van der Waals surface area contributed by atoms with Crippen molar-refractivity contribution < 1.29 is 9.68 Å². The molecule has 3 aliphatic rings. The van der Waals surface area contributed by atoms with Gasteiger partial charge in [0, 0.05) is 19.3 Å². The SMILES string of the molecule is C1=CCN(OCC2CCCCC2CON2CCCCC2)C=C1. The lowest BCUT2D eigenvalue weighted by atomic mass is 9.80. The average molecular weight is 306 g/mol. The van der Waals surface area contributed by atoms with E-state index < -0.39 is 0 Å². The van der Waals surface area contributed by atoms with E-state index in [2.05, 4.69) is 17.2 Å². The van der Waals surface area contributed by atoms with Crippen LogP contribution in [0.15, 0.2) is 24.4 Å². The van der Waals surface area contributed by atoms with Gasteiger partial charge >= 0.3 is 0 Å². The van der Waals surface area contributed by atoms with Crippen LogP contribution in [0.1, 0.15) is 44.9 Å². The Labute approximate surface area is 134 Å². The number of allylic oxidation sites excluding steroid dienone is 2. The van der Waals surface area contributed by atoms with Crippen molar-refractivity contribution in [3.8, 4) is 0 Å². The van der Waals surface area contributed by atoms with E-state index in [0.29, 0.717) is 11.8 Å². The second-order valence-corrected chi connectivity index (χ2v) is 6.76. The molecule has 1 saturated carbocycles. The van der Waals surface area contributed by atoms with Gasteiger partial charge in [0.2, 0.25) is 0 Å². The van der Waals surface area contributed by atoms with Crippen molar-refractivity contribution in [3.05, 3.63) is 24.4 Å². The Balaban J connectivity index is 1.41. The fraction of sp³-hybridized carbons (Fsp3) is 0.778. The van der Waals surface area contributed by atoms with Crippen LogP contribution in [0.3, 0.4) is 0 Å². The van der Waals surface area contributed by atoms with E-state index in [1.54, 1.807) is 0 Å². The molecule has 0 aromatic heterocycles. The Hall–Kier alpha value is -0.840. The van der Waals surface area contributed by atoms with Gasteiger partial charge in [0.05, 0.1) is 19.8 Å². The van der Waals surface area contributed by atoms with Crippen molar-refractivity contribution >= 4 is 0 Å². The van der Waals surface area contributed by atoms with E-state index in [-0.39, 0.29) is 0 Å². The molecule has 4 heteroatoms. The minimum atomic E-state index is 0.637. The lowest BCUT2D eigenvalue weighted by Crippen LogP contribution is -2.36. The van der Waals surface area contributed by atoms with Crippen LogP contribution in [0, 0.1) is 11.8 Å². The lowest BCUT2D eigenvalue weighted by molar-refractivity contribution is -0.192. The van der Waals surface area contributed by atoms with Gasteiger partial charge in [-0.2, -0.15) is 5.06 Å². The summed E-state index contributed by atoms with van der Waals surface area (Å²) < 4.78 is 0. The first-order valence-electron chi connectivity index (χ1n) is 9.02. The molecule has 2 aliphatic heterocycles. The minimum Gasteiger partial charge on any atom is -0.299 e. The van der Waals surface area contributed by atoms with Gasteiger partial charge in [-0.3, -0.25) is 14.7 Å². The van der Waals surface area contributed by atoms with Gasteiger partial charge in [-0.15, -0.1) is 0 Å². The number of piperidine rings is 1. The third kappa shape index (κ3) is 4.83. The Morgan fingerprint density at radius 3 is 2.23 bits per heavy atom. The monoisotopic (exact) mass is 306 g/mol. The van der Waals surface area contributed by atoms with Crippen LogP contribution in [0.2, 0.25) is 0 Å². The summed E-state index contributed by atoms with van der Waals surface area (Å²) in [7, 11) is 0. The maximum Gasteiger partial charge on any atom is 0.0780 e. The molecule has 2 unspecified atom stereocenters. The molecule has 2 fully saturated rings. The third-order valence-electron chi connectivity index (χ3n) is 5.09. The summed E-state index contributed by atoms with van der Waals surface area (Å²) in [6.07, 6.45) is 17.4. The molecule has 2 heterocycles. The molecule has 0 amide bonds. The molecular weight excluding hydrogens is 276 g/mol. The first kappa shape index (κ1) is 16.0. The van der Waals surface area contributed by atoms with Gasteiger partial charge in [-0.05, 0) is 43.6 Å². The molecule has 1 aliphatic carbocycles. The molecule has 1 saturated heterocycles. The van der Waals surface area contributed by atoms with Crippen LogP contribution in [-0.4, -0.2) is 43.0 Å². The van der Waals surface area contributed by atoms with E-state index in [1.807, 2.05) is 17.3 Å². The molecule has 124 valence electrons. The lowest BCUT2D eigenvalue weighted by Gasteiger charge is -2.34. The molecule has 0 aromatic carbocycles. The van der Waals surface area contributed by atoms with Crippen molar-refractivity contribution in [2.75, 3.05) is 32.8 Å². The van der Waals surface area contributed by atoms with Gasteiger partial charge < -0.3 is 0 Å². The Bertz CT molecular complexity index is 377. The highest BCUT2D eigenvalue weighted by Gasteiger charge is 2.27. The summed E-state index contributed by atoms with van der Waals surface area (Å²) in [5, 5.41) is 4.13. The molecule has 0 radical (unpaired) electrons. The molecule has 3 rings (SSSR count). The number of rotatable bonds is 6. The average Bonchev–Trinajstić information content (AvgIpc) is 2.61. The highest BCUT2D eigenvalue weighted by Crippen LogP contribution is 2.31. The van der Waals surface area contributed by atoms with Crippen LogP contribution in [0.25, 0.3) is 0 Å². The van der Waals surface area contributed by atoms with Crippen LogP contribution in [0.5, 0.6) is 0 Å². The van der Waals surface area contributed by atoms with E-state index in [9.17, 15) is 0 Å². The van der Waals surface area contributed by atoms with Gasteiger partial charge in [-0.25, -0.2) is 0 Å². The number of hydrogen-bond acceptors (Lipinski definition) is 4. The molecule has 22 heavy (non-hydrogen) atoms. The first-order chi connectivity index (χ1) is 10.9. The van der Waals surface area contributed by atoms with E-state index in [0.717, 1.165) is 32.8 Å². The summed E-state index contributed by atoms with van der Waals surface area (Å²) >= 11 is 0. The zero-order chi connectivity index (χ0) is 15.0. The second kappa shape index (κ2) is 8.70. The van der Waals surface area contributed by atoms with Crippen LogP contribution < -0.4 is 0 Å². The van der Waals surface area contributed by atoms with E-state index in [1.165, 1.54) is 44.9 Å². The molecule has 2 atom stereocenters. The Kier molecular flexibility index (Phi) is 6.34. The van der Waals surface area contributed by atoms with Crippen molar-refractivity contribution in [1.29, 1.82) is 0 Å². The summed E-state index contributed by atoms with van der Waals surface area (Å²) in [4.78, 5) is 12.1. The van der Waals surface area contributed by atoms with Gasteiger partial charge in [0.1, 0.15) is 0 Å². The van der Waals surface area contributed by atoms with E-state index >= 15 is 0 Å². The maximum atomic E-state index is 6.08. The second-order valence-electron chi connectivity index (χ2n) is 6.76. The normalized spacial score (nSPS) is 29.9. The predicted molar refractivity (Wildman–Crippen MR) is 87.8 cm³/mol. The first-order valence-corrected chi connectivity index (χ1v) is 9.02. The van der Waals surface area contributed by atoms with Crippen molar-refractivity contribution in [2.45, 2.75) is 44.9 Å². The zero-order valence-electron chi connectivity index (χ0n) is 13.7. The maximum absolute atomic E-state index is 6.08. The van der Waals surface area contributed by atoms with Crippen molar-refractivity contribution in [1.82, 2.24) is 10.1 Å². The molecule has 0 N–H and O–H groups in total. The number of hydroxylamine groups is 4. The standard InChI is InChI=1S/C18H30N2O2/c1-5-11-19(12-6-1)21-15-17-9-3-4-10-18(17)16-22-20-13-7-2-8-14-20/h1,5-6,11,17-18H,2-4,7-10,12-16H2. The fourth-order valence-corrected chi connectivity index (χ4v) is 3.66. The van der Waals surface area contributed by atoms with Gasteiger partial charge in [0.25, 0.3) is 0 Å². The fourth-order valence-electron chi connectivity index (χ4n) is 3.66. The zero-order valence-corrected chi connectivity index (χ0v) is 13.7. The molecule has 0 aromatic rings. The van der Waals surface area contributed by atoms with Crippen molar-refractivity contribution in [2.24, 2.45) is 11.8 Å². The minimum absolute atomic E-state index is 0.637. The number of hydrogen-bond donors (Lipinski definition) is 0. The van der Waals surface area contributed by atoms with Crippen LogP contribution in [0.4, 0.5) is 0 Å². The van der Waals surface area contributed by atoms with Gasteiger partial charge in [0.15, 0.2) is 0 Å². The van der Waals surface area contributed by atoms with Crippen LogP contribution >= 0.6 is 0 Å². The molecule has 0 spiro atoms. The summed E-state index contributed by atoms with van der Waals surface area (Å²) in [6, 6.07) is 0. The Morgan fingerprint density at radius 1 is 0.818 bits per heavy atom. The molecule has 4 nitrogen and oxygen atoms in total. The van der Waals surface area contributed by atoms with Crippen LogP contribution in [-0.2, 0) is 9.68 Å². The topological polar surface area (TPSA) is 24.9 Å². The summed E-state index contributed by atoms with van der Waals surface area (Å²) in [5.41, 5.74) is 0. The smallest absolute Gasteiger partial charge is 0.0780 e. The number of nitrogens with zero attached hydrogens (tertiary/aromatic N) is 2. The highest BCUT2D eigenvalue weighted by molar-refractivity contribution is 5.06. The summed E-state index contributed by atoms with van der Waals surface area (Å²) in [6.45, 7) is 4.78. The molecular formula is C18H30N2O2. The van der Waals surface area contributed by atoms with Gasteiger partial charge in [-0.1, -0.05) is 31.4 Å². The highest BCUT2D eigenvalue weighted by atomic mass is 16.7. The quantitative estimate of drug-likeness (QED) is 0.749. The third-order valence-corrected chi connectivity index (χ3v) is 5.09. The largest absolute Gasteiger partial charge is 0.299 e. The summed E-state index contributed by atoms with van der Waals surface area (Å²) in [5.74, 6) is 1.29.